The fourth-order valence-corrected chi connectivity index (χ4v) is 0.964. The van der Waals surface area contributed by atoms with Gasteiger partial charge in [-0.05, 0) is 26.0 Å². The van der Waals surface area contributed by atoms with Crippen molar-refractivity contribution in [1.29, 1.82) is 5.41 Å². The number of furan rings is 1. The summed E-state index contributed by atoms with van der Waals surface area (Å²) in [5, 5.41) is 16.8. The lowest BCUT2D eigenvalue weighted by atomic mass is 10.3. The number of aryl methyl sites for hydroxylation is 1. The molecule has 0 fully saturated rings. The van der Waals surface area contributed by atoms with Crippen LogP contribution < -0.4 is 0 Å². The van der Waals surface area contributed by atoms with Crippen molar-refractivity contribution in [3.05, 3.63) is 23.7 Å². The van der Waals surface area contributed by atoms with Gasteiger partial charge in [0, 0.05) is 0 Å². The van der Waals surface area contributed by atoms with Gasteiger partial charge in [0.25, 0.3) is 0 Å². The second-order valence-electron chi connectivity index (χ2n) is 2.65. The minimum atomic E-state index is -1.09. The molecule has 1 aromatic heterocycles. The summed E-state index contributed by atoms with van der Waals surface area (Å²) >= 11 is 0. The van der Waals surface area contributed by atoms with Crippen LogP contribution >= 0.6 is 12.4 Å². The zero-order valence-corrected chi connectivity index (χ0v) is 8.93. The zero-order valence-electron chi connectivity index (χ0n) is 8.11. The fraction of sp³-hybridized carbons (Fsp3) is 0.444. The molecular weight excluding hydrogens is 206 g/mol. The number of aliphatic hydroxyl groups excluding tert-OH is 1. The van der Waals surface area contributed by atoms with E-state index in [1.54, 1.807) is 26.0 Å². The van der Waals surface area contributed by atoms with Crippen LogP contribution in [0.3, 0.4) is 0 Å². The molecule has 1 rings (SSSR count). The lowest BCUT2D eigenvalue weighted by molar-refractivity contribution is 0.167. The molecule has 0 spiro atoms. The largest absolute Gasteiger partial charge is 0.479 e. The standard InChI is InChI=1S/C9H13NO3.ClH/c1-3-12-9(10)8(11)7-5-4-6(2)13-7;/h4-5,8,10-11H,3H2,1-2H3;1H. The quantitative estimate of drug-likeness (QED) is 0.604. The minimum absolute atomic E-state index is 0. The Morgan fingerprint density at radius 1 is 1.64 bits per heavy atom. The Hall–Kier alpha value is -1.00. The molecule has 4 nitrogen and oxygen atoms in total. The first-order chi connectivity index (χ1) is 6.15. The van der Waals surface area contributed by atoms with Crippen molar-refractivity contribution >= 4 is 18.3 Å². The topological polar surface area (TPSA) is 66.5 Å². The number of rotatable bonds is 3. The van der Waals surface area contributed by atoms with E-state index < -0.39 is 6.10 Å². The third-order valence-electron chi connectivity index (χ3n) is 1.58. The number of halogens is 1. The number of hydrogen-bond acceptors (Lipinski definition) is 4. The maximum absolute atomic E-state index is 9.49. The molecule has 1 heterocycles. The molecule has 0 saturated heterocycles. The van der Waals surface area contributed by atoms with Crippen molar-refractivity contribution in [3.63, 3.8) is 0 Å². The molecule has 0 radical (unpaired) electrons. The summed E-state index contributed by atoms with van der Waals surface area (Å²) in [6.45, 7) is 3.91. The molecule has 1 atom stereocenters. The van der Waals surface area contributed by atoms with Crippen molar-refractivity contribution in [2.45, 2.75) is 20.0 Å². The molecule has 1 unspecified atom stereocenters. The van der Waals surface area contributed by atoms with Gasteiger partial charge < -0.3 is 14.3 Å². The van der Waals surface area contributed by atoms with Gasteiger partial charge in [0.15, 0.2) is 6.10 Å². The van der Waals surface area contributed by atoms with E-state index in [4.69, 9.17) is 14.6 Å². The Morgan fingerprint density at radius 3 is 2.71 bits per heavy atom. The smallest absolute Gasteiger partial charge is 0.218 e. The number of aliphatic hydroxyl groups is 1. The van der Waals surface area contributed by atoms with E-state index in [9.17, 15) is 5.11 Å². The Bertz CT molecular complexity index is 298. The number of ether oxygens (including phenoxy) is 1. The van der Waals surface area contributed by atoms with E-state index in [2.05, 4.69) is 0 Å². The minimum Gasteiger partial charge on any atom is -0.479 e. The molecule has 5 heteroatoms. The first-order valence-electron chi connectivity index (χ1n) is 4.10. The highest BCUT2D eigenvalue weighted by Gasteiger charge is 2.17. The van der Waals surface area contributed by atoms with Crippen molar-refractivity contribution in [1.82, 2.24) is 0 Å². The first kappa shape index (κ1) is 13.0. The highest BCUT2D eigenvalue weighted by atomic mass is 35.5. The highest BCUT2D eigenvalue weighted by Crippen LogP contribution is 2.17. The molecule has 1 aromatic rings. The van der Waals surface area contributed by atoms with Crippen LogP contribution in [0.2, 0.25) is 0 Å². The van der Waals surface area contributed by atoms with Gasteiger partial charge in [-0.15, -0.1) is 12.4 Å². The van der Waals surface area contributed by atoms with Gasteiger partial charge in [0.2, 0.25) is 5.90 Å². The van der Waals surface area contributed by atoms with Gasteiger partial charge in [0.05, 0.1) is 6.61 Å². The van der Waals surface area contributed by atoms with Gasteiger partial charge >= 0.3 is 0 Å². The van der Waals surface area contributed by atoms with Crippen LogP contribution in [0.4, 0.5) is 0 Å². The summed E-state index contributed by atoms with van der Waals surface area (Å²) in [5.41, 5.74) is 0. The number of nitrogens with one attached hydrogen (secondary N) is 1. The summed E-state index contributed by atoms with van der Waals surface area (Å²) in [5.74, 6) is 0.867. The Labute approximate surface area is 88.8 Å². The maximum atomic E-state index is 9.49. The molecule has 2 N–H and O–H groups in total. The molecular formula is C9H14ClNO3. The third kappa shape index (κ3) is 3.05. The highest BCUT2D eigenvalue weighted by molar-refractivity contribution is 5.85. The second kappa shape index (κ2) is 5.67. The van der Waals surface area contributed by atoms with E-state index in [1.807, 2.05) is 0 Å². The van der Waals surface area contributed by atoms with Gasteiger partial charge in [-0.2, -0.15) is 0 Å². The molecule has 0 aliphatic rings. The van der Waals surface area contributed by atoms with E-state index in [-0.39, 0.29) is 18.3 Å². The fourth-order valence-electron chi connectivity index (χ4n) is 0.964. The molecule has 0 amide bonds. The van der Waals surface area contributed by atoms with Crippen molar-refractivity contribution in [3.8, 4) is 0 Å². The van der Waals surface area contributed by atoms with E-state index in [1.165, 1.54) is 0 Å². The van der Waals surface area contributed by atoms with Crippen LogP contribution in [-0.2, 0) is 4.74 Å². The monoisotopic (exact) mass is 219 g/mol. The summed E-state index contributed by atoms with van der Waals surface area (Å²) in [6, 6.07) is 3.37. The van der Waals surface area contributed by atoms with Gasteiger partial charge in [-0.3, -0.25) is 5.41 Å². The van der Waals surface area contributed by atoms with Gasteiger partial charge in [-0.1, -0.05) is 0 Å². The SMILES string of the molecule is CCOC(=N)C(O)c1ccc(C)o1.Cl. The average molecular weight is 220 g/mol. The summed E-state index contributed by atoms with van der Waals surface area (Å²) in [7, 11) is 0. The van der Waals surface area contributed by atoms with Crippen molar-refractivity contribution in [2.24, 2.45) is 0 Å². The lowest BCUT2D eigenvalue weighted by Gasteiger charge is -2.09. The van der Waals surface area contributed by atoms with E-state index in [0.717, 1.165) is 0 Å². The Balaban J connectivity index is 0.00000169. The molecule has 0 aromatic carbocycles. The normalized spacial score (nSPS) is 11.6. The molecule has 0 aliphatic heterocycles. The van der Waals surface area contributed by atoms with Crippen LogP contribution in [-0.4, -0.2) is 17.6 Å². The van der Waals surface area contributed by atoms with Crippen LogP contribution in [0.1, 0.15) is 24.5 Å². The summed E-state index contributed by atoms with van der Waals surface area (Å²) in [6.07, 6.45) is -1.09. The molecule has 0 aliphatic carbocycles. The number of hydrogen-bond donors (Lipinski definition) is 2. The van der Waals surface area contributed by atoms with Crippen LogP contribution in [0.25, 0.3) is 0 Å². The Morgan fingerprint density at radius 2 is 2.29 bits per heavy atom. The maximum Gasteiger partial charge on any atom is 0.218 e. The van der Waals surface area contributed by atoms with Crippen molar-refractivity contribution in [2.75, 3.05) is 6.61 Å². The Kier molecular flexibility index (Phi) is 5.27. The van der Waals surface area contributed by atoms with Crippen LogP contribution in [0.15, 0.2) is 16.5 Å². The van der Waals surface area contributed by atoms with Gasteiger partial charge in [0.1, 0.15) is 11.5 Å². The third-order valence-corrected chi connectivity index (χ3v) is 1.58. The zero-order chi connectivity index (χ0) is 9.84. The molecule has 0 saturated carbocycles. The van der Waals surface area contributed by atoms with E-state index in [0.29, 0.717) is 18.1 Å². The predicted octanol–water partition coefficient (Wildman–Crippen LogP) is 2.06. The van der Waals surface area contributed by atoms with Gasteiger partial charge in [-0.25, -0.2) is 0 Å². The summed E-state index contributed by atoms with van der Waals surface area (Å²) in [4.78, 5) is 0. The van der Waals surface area contributed by atoms with Crippen LogP contribution in [0, 0.1) is 12.3 Å². The molecule has 14 heavy (non-hydrogen) atoms. The van der Waals surface area contributed by atoms with Crippen molar-refractivity contribution < 1.29 is 14.3 Å². The first-order valence-corrected chi connectivity index (χ1v) is 4.10. The second-order valence-corrected chi connectivity index (χ2v) is 2.65. The summed E-state index contributed by atoms with van der Waals surface area (Å²) < 4.78 is 9.98. The average Bonchev–Trinajstić information content (AvgIpc) is 2.51. The lowest BCUT2D eigenvalue weighted by Crippen LogP contribution is -2.13. The predicted molar refractivity (Wildman–Crippen MR) is 55.0 cm³/mol. The molecule has 0 bridgehead atoms. The van der Waals surface area contributed by atoms with Crippen LogP contribution in [0.5, 0.6) is 0 Å². The van der Waals surface area contributed by atoms with E-state index >= 15 is 0 Å². The molecule has 80 valence electrons.